The molecule has 20 heavy (non-hydrogen) atoms. The Morgan fingerprint density at radius 3 is 2.45 bits per heavy atom. The summed E-state index contributed by atoms with van der Waals surface area (Å²) in [6.07, 6.45) is 2.10. The van der Waals surface area contributed by atoms with Gasteiger partial charge >= 0.3 is 0 Å². The highest BCUT2D eigenvalue weighted by molar-refractivity contribution is 6.06. The monoisotopic (exact) mass is 265 g/mol. The maximum absolute atomic E-state index is 12.7. The van der Waals surface area contributed by atoms with Crippen LogP contribution in [0.3, 0.4) is 0 Å². The number of benzene rings is 2. The molecule has 0 saturated carbocycles. The zero-order valence-corrected chi connectivity index (χ0v) is 12.0. The lowest BCUT2D eigenvalue weighted by atomic mass is 9.98. The van der Waals surface area contributed by atoms with Gasteiger partial charge in [0.2, 0.25) is 0 Å². The number of fused-ring (bicyclic) bond motifs is 1. The molecule has 1 aliphatic rings. The molecule has 3 rings (SSSR count). The second kappa shape index (κ2) is 5.12. The Hall–Kier alpha value is -2.09. The first-order valence-corrected chi connectivity index (χ1v) is 7.13. The Morgan fingerprint density at radius 1 is 1.00 bits per heavy atom. The number of aryl methyl sites for hydroxylation is 3. The quantitative estimate of drug-likeness (QED) is 0.766. The van der Waals surface area contributed by atoms with E-state index < -0.39 is 0 Å². The topological polar surface area (TPSA) is 20.3 Å². The van der Waals surface area contributed by atoms with Gasteiger partial charge in [0.05, 0.1) is 0 Å². The van der Waals surface area contributed by atoms with Gasteiger partial charge in [-0.3, -0.25) is 4.79 Å². The Labute approximate surface area is 120 Å². The van der Waals surface area contributed by atoms with Crippen LogP contribution in [0.15, 0.2) is 42.5 Å². The summed E-state index contributed by atoms with van der Waals surface area (Å²) in [5.74, 6) is 0.106. The van der Waals surface area contributed by atoms with Crippen LogP contribution in [-0.4, -0.2) is 12.5 Å². The zero-order chi connectivity index (χ0) is 14.1. The van der Waals surface area contributed by atoms with Crippen LogP contribution in [0.4, 0.5) is 5.69 Å². The molecule has 2 heteroatoms. The van der Waals surface area contributed by atoms with E-state index >= 15 is 0 Å². The lowest BCUT2D eigenvalue weighted by Gasteiger charge is -2.30. The molecule has 2 nitrogen and oxygen atoms in total. The molecule has 0 aromatic heterocycles. The number of rotatable bonds is 1. The summed E-state index contributed by atoms with van der Waals surface area (Å²) in [6, 6.07) is 14.2. The van der Waals surface area contributed by atoms with Crippen molar-refractivity contribution < 1.29 is 4.79 Å². The van der Waals surface area contributed by atoms with Crippen molar-refractivity contribution in [3.05, 3.63) is 64.7 Å². The van der Waals surface area contributed by atoms with Crippen LogP contribution in [-0.2, 0) is 6.42 Å². The predicted molar refractivity (Wildman–Crippen MR) is 82.4 cm³/mol. The smallest absolute Gasteiger partial charge is 0.258 e. The molecule has 0 saturated heterocycles. The van der Waals surface area contributed by atoms with Gasteiger partial charge in [0, 0.05) is 17.8 Å². The summed E-state index contributed by atoms with van der Waals surface area (Å²) in [5.41, 5.74) is 5.57. The molecule has 1 amide bonds. The fourth-order valence-electron chi connectivity index (χ4n) is 2.79. The van der Waals surface area contributed by atoms with Gasteiger partial charge < -0.3 is 4.90 Å². The molecule has 0 bridgehead atoms. The normalized spacial score (nSPS) is 14.0. The van der Waals surface area contributed by atoms with Crippen LogP contribution in [0.25, 0.3) is 0 Å². The first kappa shape index (κ1) is 12.9. The summed E-state index contributed by atoms with van der Waals surface area (Å²) in [6.45, 7) is 4.94. The van der Waals surface area contributed by atoms with Gasteiger partial charge in [-0.25, -0.2) is 0 Å². The average Bonchev–Trinajstić information content (AvgIpc) is 2.46. The number of hydrogen-bond acceptors (Lipinski definition) is 1. The number of amides is 1. The predicted octanol–water partition coefficient (Wildman–Crippen LogP) is 3.90. The van der Waals surface area contributed by atoms with Gasteiger partial charge in [0.15, 0.2) is 0 Å². The van der Waals surface area contributed by atoms with Crippen molar-refractivity contribution in [2.45, 2.75) is 26.7 Å². The molecule has 1 heterocycles. The van der Waals surface area contributed by atoms with Crippen molar-refractivity contribution in [1.29, 1.82) is 0 Å². The molecule has 0 unspecified atom stereocenters. The van der Waals surface area contributed by atoms with Crippen molar-refractivity contribution in [3.63, 3.8) is 0 Å². The second-order valence-electron chi connectivity index (χ2n) is 5.56. The highest BCUT2D eigenvalue weighted by atomic mass is 16.2. The Balaban J connectivity index is 1.96. The van der Waals surface area contributed by atoms with Crippen molar-refractivity contribution >= 4 is 11.6 Å². The number of anilines is 1. The number of hydrogen-bond donors (Lipinski definition) is 0. The van der Waals surface area contributed by atoms with E-state index in [4.69, 9.17) is 0 Å². The Bertz CT molecular complexity index is 643. The van der Waals surface area contributed by atoms with Gasteiger partial charge in [-0.1, -0.05) is 35.4 Å². The minimum atomic E-state index is 0.106. The maximum Gasteiger partial charge on any atom is 0.258 e. The summed E-state index contributed by atoms with van der Waals surface area (Å²) in [5, 5.41) is 0. The maximum atomic E-state index is 12.7. The molecular formula is C18H19NO. The first-order valence-electron chi connectivity index (χ1n) is 7.13. The van der Waals surface area contributed by atoms with Crippen molar-refractivity contribution in [1.82, 2.24) is 0 Å². The zero-order valence-electron chi connectivity index (χ0n) is 12.0. The molecule has 1 aliphatic heterocycles. The molecule has 0 atom stereocenters. The molecule has 102 valence electrons. The van der Waals surface area contributed by atoms with E-state index in [-0.39, 0.29) is 5.91 Å². The third-order valence-electron chi connectivity index (χ3n) is 3.90. The SMILES string of the molecule is Cc1ccc(C(=O)N2CCCc3cc(C)ccc32)cc1. The summed E-state index contributed by atoms with van der Waals surface area (Å²) in [4.78, 5) is 14.6. The van der Waals surface area contributed by atoms with E-state index in [0.717, 1.165) is 30.6 Å². The fourth-order valence-corrected chi connectivity index (χ4v) is 2.79. The van der Waals surface area contributed by atoms with E-state index in [1.807, 2.05) is 36.1 Å². The first-order chi connectivity index (χ1) is 9.65. The van der Waals surface area contributed by atoms with E-state index in [1.165, 1.54) is 16.7 Å². The minimum absolute atomic E-state index is 0.106. The van der Waals surface area contributed by atoms with E-state index in [9.17, 15) is 4.79 Å². The largest absolute Gasteiger partial charge is 0.308 e. The Kier molecular flexibility index (Phi) is 3.31. The number of carbonyl (C=O) groups excluding carboxylic acids is 1. The van der Waals surface area contributed by atoms with Gasteiger partial charge in [0.1, 0.15) is 0 Å². The van der Waals surface area contributed by atoms with Crippen LogP contribution in [0.5, 0.6) is 0 Å². The average molecular weight is 265 g/mol. The van der Waals surface area contributed by atoms with E-state index in [0.29, 0.717) is 0 Å². The van der Waals surface area contributed by atoms with Crippen molar-refractivity contribution in [2.75, 3.05) is 11.4 Å². The highest BCUT2D eigenvalue weighted by Crippen LogP contribution is 2.29. The summed E-state index contributed by atoms with van der Waals surface area (Å²) in [7, 11) is 0. The lowest BCUT2D eigenvalue weighted by molar-refractivity contribution is 0.0985. The van der Waals surface area contributed by atoms with Crippen LogP contribution in [0.1, 0.15) is 33.5 Å². The molecule has 2 aromatic rings. The molecule has 0 fully saturated rings. The van der Waals surface area contributed by atoms with Crippen LogP contribution in [0.2, 0.25) is 0 Å². The number of carbonyl (C=O) groups is 1. The summed E-state index contributed by atoms with van der Waals surface area (Å²) >= 11 is 0. The van der Waals surface area contributed by atoms with Gasteiger partial charge in [-0.15, -0.1) is 0 Å². The van der Waals surface area contributed by atoms with Gasteiger partial charge in [-0.05, 0) is 50.5 Å². The van der Waals surface area contributed by atoms with Crippen molar-refractivity contribution in [3.8, 4) is 0 Å². The minimum Gasteiger partial charge on any atom is -0.308 e. The molecule has 0 aliphatic carbocycles. The summed E-state index contributed by atoms with van der Waals surface area (Å²) < 4.78 is 0. The molecule has 2 aromatic carbocycles. The fraction of sp³-hybridized carbons (Fsp3) is 0.278. The third kappa shape index (κ3) is 2.34. The van der Waals surface area contributed by atoms with Crippen molar-refractivity contribution in [2.24, 2.45) is 0 Å². The Morgan fingerprint density at radius 2 is 1.70 bits per heavy atom. The molecule has 0 N–H and O–H groups in total. The van der Waals surface area contributed by atoms with E-state index in [1.54, 1.807) is 0 Å². The lowest BCUT2D eigenvalue weighted by Crippen LogP contribution is -2.35. The van der Waals surface area contributed by atoms with Crippen LogP contribution >= 0.6 is 0 Å². The van der Waals surface area contributed by atoms with Gasteiger partial charge in [-0.2, -0.15) is 0 Å². The van der Waals surface area contributed by atoms with Crippen LogP contribution in [0, 0.1) is 13.8 Å². The highest BCUT2D eigenvalue weighted by Gasteiger charge is 2.23. The van der Waals surface area contributed by atoms with E-state index in [2.05, 4.69) is 25.1 Å². The molecular weight excluding hydrogens is 246 g/mol. The molecule has 0 spiro atoms. The molecule has 0 radical (unpaired) electrons. The standard InChI is InChI=1S/C18H19NO/c1-13-5-8-15(9-6-13)18(20)19-11-3-4-16-12-14(2)7-10-17(16)19/h5-10,12H,3-4,11H2,1-2H3. The number of nitrogens with zero attached hydrogens (tertiary/aromatic N) is 1. The van der Waals surface area contributed by atoms with Crippen LogP contribution < -0.4 is 4.90 Å². The second-order valence-corrected chi connectivity index (χ2v) is 5.56. The third-order valence-corrected chi connectivity index (χ3v) is 3.90. The van der Waals surface area contributed by atoms with Gasteiger partial charge in [0.25, 0.3) is 5.91 Å².